The highest BCUT2D eigenvalue weighted by Crippen LogP contribution is 2.35. The topological polar surface area (TPSA) is 95.5 Å². The number of aliphatic carboxylic acids is 1. The molecule has 0 bridgehead atoms. The number of likely N-dealkylation sites (tertiary alicyclic amines) is 1. The molecule has 1 aromatic heterocycles. The van der Waals surface area contributed by atoms with E-state index in [1.54, 1.807) is 7.11 Å². The SMILES string of the molecule is COc1cccc2[nH]c(C[C@H]3CN(C(=O)C4CC4)CC[C@H]3CC(=O)O)nc12. The summed E-state index contributed by atoms with van der Waals surface area (Å²) in [6, 6.07) is 5.73. The van der Waals surface area contributed by atoms with Crippen molar-refractivity contribution in [2.75, 3.05) is 20.2 Å². The van der Waals surface area contributed by atoms with Crippen LogP contribution < -0.4 is 4.74 Å². The van der Waals surface area contributed by atoms with Crippen LogP contribution >= 0.6 is 0 Å². The molecule has 2 fully saturated rings. The maximum atomic E-state index is 12.5. The van der Waals surface area contributed by atoms with Gasteiger partial charge in [-0.05, 0) is 43.2 Å². The first-order chi connectivity index (χ1) is 13.0. The zero-order valence-electron chi connectivity index (χ0n) is 15.5. The Balaban J connectivity index is 1.55. The van der Waals surface area contributed by atoms with Crippen molar-refractivity contribution in [1.29, 1.82) is 0 Å². The minimum atomic E-state index is -0.779. The summed E-state index contributed by atoms with van der Waals surface area (Å²) in [6.07, 6.45) is 3.48. The second-order valence-corrected chi connectivity index (χ2v) is 7.71. The van der Waals surface area contributed by atoms with E-state index in [1.807, 2.05) is 23.1 Å². The first-order valence-corrected chi connectivity index (χ1v) is 9.57. The molecule has 2 aliphatic rings. The summed E-state index contributed by atoms with van der Waals surface area (Å²) < 4.78 is 5.37. The van der Waals surface area contributed by atoms with Gasteiger partial charge in [0.2, 0.25) is 5.91 Å². The molecule has 144 valence electrons. The molecule has 1 aliphatic carbocycles. The molecule has 0 radical (unpaired) electrons. The number of carboxylic acids is 1. The Hall–Kier alpha value is -2.57. The number of nitrogens with one attached hydrogen (secondary N) is 1. The Bertz CT molecular complexity index is 858. The van der Waals surface area contributed by atoms with Gasteiger partial charge in [0.15, 0.2) is 0 Å². The van der Waals surface area contributed by atoms with Gasteiger partial charge in [-0.2, -0.15) is 0 Å². The number of carbonyl (C=O) groups is 2. The molecule has 1 aliphatic heterocycles. The summed E-state index contributed by atoms with van der Waals surface area (Å²) in [5.74, 6) is 1.32. The predicted octanol–water partition coefficient (Wildman–Crippen LogP) is 2.46. The fourth-order valence-electron chi connectivity index (χ4n) is 4.16. The molecule has 0 unspecified atom stereocenters. The monoisotopic (exact) mass is 371 g/mol. The zero-order chi connectivity index (χ0) is 19.0. The number of imidazole rings is 1. The van der Waals surface area contributed by atoms with Crippen LogP contribution in [0.15, 0.2) is 18.2 Å². The lowest BCUT2D eigenvalue weighted by molar-refractivity contribution is -0.140. The number of aromatic amines is 1. The van der Waals surface area contributed by atoms with Gasteiger partial charge in [-0.3, -0.25) is 9.59 Å². The number of H-pyrrole nitrogens is 1. The Morgan fingerprint density at radius 2 is 2.11 bits per heavy atom. The van der Waals surface area contributed by atoms with Gasteiger partial charge in [0.25, 0.3) is 0 Å². The van der Waals surface area contributed by atoms with Crippen molar-refractivity contribution in [1.82, 2.24) is 14.9 Å². The van der Waals surface area contributed by atoms with E-state index in [9.17, 15) is 14.7 Å². The van der Waals surface area contributed by atoms with Crippen LogP contribution in [0.4, 0.5) is 0 Å². The first kappa shape index (κ1) is 17.8. The predicted molar refractivity (Wildman–Crippen MR) is 99.5 cm³/mol. The lowest BCUT2D eigenvalue weighted by Crippen LogP contribution is -2.45. The Kier molecular flexibility index (Phi) is 4.76. The number of para-hydroxylation sites is 1. The van der Waals surface area contributed by atoms with Gasteiger partial charge in [0.05, 0.1) is 12.6 Å². The number of piperidine rings is 1. The van der Waals surface area contributed by atoms with Crippen molar-refractivity contribution in [3.63, 3.8) is 0 Å². The highest BCUT2D eigenvalue weighted by molar-refractivity contribution is 5.82. The van der Waals surface area contributed by atoms with Crippen LogP contribution in [0, 0.1) is 17.8 Å². The highest BCUT2D eigenvalue weighted by Gasteiger charge is 2.38. The van der Waals surface area contributed by atoms with Crippen molar-refractivity contribution in [2.24, 2.45) is 17.8 Å². The maximum Gasteiger partial charge on any atom is 0.303 e. The first-order valence-electron chi connectivity index (χ1n) is 9.57. The number of hydrogen-bond donors (Lipinski definition) is 2. The Morgan fingerprint density at radius 1 is 1.30 bits per heavy atom. The Labute approximate surface area is 157 Å². The van der Waals surface area contributed by atoms with Crippen molar-refractivity contribution in [2.45, 2.75) is 32.1 Å². The third-order valence-corrected chi connectivity index (χ3v) is 5.77. The number of ether oxygens (including phenoxy) is 1. The van der Waals surface area contributed by atoms with Crippen LogP contribution in [0.25, 0.3) is 11.0 Å². The van der Waals surface area contributed by atoms with Gasteiger partial charge in [0, 0.05) is 31.8 Å². The normalized spacial score (nSPS) is 22.8. The van der Waals surface area contributed by atoms with E-state index in [-0.39, 0.29) is 30.1 Å². The van der Waals surface area contributed by atoms with Crippen LogP contribution in [0.1, 0.15) is 31.5 Å². The molecule has 1 saturated heterocycles. The quantitative estimate of drug-likeness (QED) is 0.813. The van der Waals surface area contributed by atoms with Crippen LogP contribution in [0.2, 0.25) is 0 Å². The average Bonchev–Trinajstić information content (AvgIpc) is 3.41. The van der Waals surface area contributed by atoms with Crippen LogP contribution in [0.3, 0.4) is 0 Å². The summed E-state index contributed by atoms with van der Waals surface area (Å²) in [5.41, 5.74) is 1.69. The van der Waals surface area contributed by atoms with Gasteiger partial charge >= 0.3 is 5.97 Å². The molecule has 7 nitrogen and oxygen atoms in total. The van der Waals surface area contributed by atoms with Crippen LogP contribution in [-0.2, 0) is 16.0 Å². The zero-order valence-corrected chi connectivity index (χ0v) is 15.5. The van der Waals surface area contributed by atoms with Gasteiger partial charge in [-0.1, -0.05) is 6.07 Å². The van der Waals surface area contributed by atoms with E-state index in [2.05, 4.69) is 9.97 Å². The summed E-state index contributed by atoms with van der Waals surface area (Å²) in [6.45, 7) is 1.28. The van der Waals surface area contributed by atoms with Gasteiger partial charge in [0.1, 0.15) is 17.1 Å². The number of methoxy groups -OCH3 is 1. The summed E-state index contributed by atoms with van der Waals surface area (Å²) >= 11 is 0. The van der Waals surface area contributed by atoms with E-state index in [0.29, 0.717) is 25.3 Å². The van der Waals surface area contributed by atoms with E-state index >= 15 is 0 Å². The molecular weight excluding hydrogens is 346 g/mol. The van der Waals surface area contributed by atoms with Gasteiger partial charge in [-0.25, -0.2) is 4.98 Å². The average molecular weight is 371 g/mol. The summed E-state index contributed by atoms with van der Waals surface area (Å²) in [4.78, 5) is 33.7. The molecule has 4 rings (SSSR count). The number of benzene rings is 1. The number of carboxylic acid groups (broad SMARTS) is 1. The number of fused-ring (bicyclic) bond motifs is 1. The molecule has 1 saturated carbocycles. The van der Waals surface area contributed by atoms with Gasteiger partial charge < -0.3 is 19.7 Å². The minimum absolute atomic E-state index is 0.0564. The van der Waals surface area contributed by atoms with Crippen molar-refractivity contribution in [3.05, 3.63) is 24.0 Å². The fourth-order valence-corrected chi connectivity index (χ4v) is 4.16. The van der Waals surface area contributed by atoms with E-state index < -0.39 is 5.97 Å². The minimum Gasteiger partial charge on any atom is -0.494 e. The van der Waals surface area contributed by atoms with Crippen molar-refractivity contribution >= 4 is 22.9 Å². The molecule has 2 N–H and O–H groups in total. The number of rotatable bonds is 6. The third-order valence-electron chi connectivity index (χ3n) is 5.77. The largest absolute Gasteiger partial charge is 0.494 e. The standard InChI is InChI=1S/C20H25N3O4/c1-27-16-4-2-3-15-19(16)22-17(21-15)9-14-11-23(20(26)12-5-6-12)8-7-13(14)10-18(24)25/h2-4,12-14H,5-11H2,1H3,(H,21,22)(H,24,25)/t13-,14-/m0/s1. The number of hydrogen-bond acceptors (Lipinski definition) is 4. The number of amides is 1. The second kappa shape index (κ2) is 7.21. The van der Waals surface area contributed by atoms with E-state index in [0.717, 1.165) is 36.1 Å². The molecule has 0 spiro atoms. The van der Waals surface area contributed by atoms with Crippen molar-refractivity contribution in [3.8, 4) is 5.75 Å². The number of aromatic nitrogens is 2. The van der Waals surface area contributed by atoms with E-state index in [4.69, 9.17) is 4.74 Å². The highest BCUT2D eigenvalue weighted by atomic mass is 16.5. The van der Waals surface area contributed by atoms with E-state index in [1.165, 1.54) is 0 Å². The lowest BCUT2D eigenvalue weighted by Gasteiger charge is -2.38. The van der Waals surface area contributed by atoms with Gasteiger partial charge in [-0.15, -0.1) is 0 Å². The Morgan fingerprint density at radius 3 is 2.81 bits per heavy atom. The number of carbonyl (C=O) groups excluding carboxylic acids is 1. The second-order valence-electron chi connectivity index (χ2n) is 7.71. The van der Waals surface area contributed by atoms with Crippen LogP contribution in [-0.4, -0.2) is 52.1 Å². The molecule has 2 heterocycles. The summed E-state index contributed by atoms with van der Waals surface area (Å²) in [7, 11) is 1.62. The fraction of sp³-hybridized carbons (Fsp3) is 0.550. The van der Waals surface area contributed by atoms with Crippen molar-refractivity contribution < 1.29 is 19.4 Å². The molecule has 27 heavy (non-hydrogen) atoms. The molecule has 1 aromatic carbocycles. The smallest absolute Gasteiger partial charge is 0.303 e. The lowest BCUT2D eigenvalue weighted by atomic mass is 9.81. The number of nitrogens with zero attached hydrogens (tertiary/aromatic N) is 2. The summed E-state index contributed by atoms with van der Waals surface area (Å²) in [5, 5.41) is 9.29. The molecule has 1 amide bonds. The molecule has 2 atom stereocenters. The van der Waals surface area contributed by atoms with Crippen LogP contribution in [0.5, 0.6) is 5.75 Å². The third kappa shape index (κ3) is 3.77. The maximum absolute atomic E-state index is 12.5. The molecule has 2 aromatic rings. The molecular formula is C20H25N3O4. The molecule has 7 heteroatoms.